The van der Waals surface area contributed by atoms with Gasteiger partial charge in [0.15, 0.2) is 0 Å². The fourth-order valence-corrected chi connectivity index (χ4v) is 3.84. The predicted molar refractivity (Wildman–Crippen MR) is 120 cm³/mol. The van der Waals surface area contributed by atoms with E-state index < -0.39 is 0 Å². The largest absolute Gasteiger partial charge is 0.338 e. The summed E-state index contributed by atoms with van der Waals surface area (Å²) in [5.74, 6) is 2.37. The van der Waals surface area contributed by atoms with E-state index in [2.05, 4.69) is 25.4 Å². The van der Waals surface area contributed by atoms with Gasteiger partial charge in [0.1, 0.15) is 17.5 Å². The molecule has 0 spiro atoms. The number of aromatic nitrogens is 5. The average Bonchev–Trinajstić information content (AvgIpc) is 3.16. The van der Waals surface area contributed by atoms with E-state index in [-0.39, 0.29) is 11.8 Å². The van der Waals surface area contributed by atoms with Gasteiger partial charge in [0, 0.05) is 50.1 Å². The van der Waals surface area contributed by atoms with Crippen LogP contribution in [0.3, 0.4) is 0 Å². The van der Waals surface area contributed by atoms with Crippen molar-refractivity contribution in [2.24, 2.45) is 7.05 Å². The quantitative estimate of drug-likeness (QED) is 0.640. The highest BCUT2D eigenvalue weighted by atomic mass is 16.2. The topological polar surface area (TPSA) is 88.8 Å². The van der Waals surface area contributed by atoms with Crippen molar-refractivity contribution < 1.29 is 4.79 Å². The van der Waals surface area contributed by atoms with Crippen molar-refractivity contribution in [2.45, 2.75) is 32.6 Å². The minimum atomic E-state index is 0.0130. The number of amides is 1. The summed E-state index contributed by atoms with van der Waals surface area (Å²) in [4.78, 5) is 28.3. The van der Waals surface area contributed by atoms with Crippen molar-refractivity contribution in [3.63, 3.8) is 0 Å². The second kappa shape index (κ2) is 9.07. The molecule has 0 aromatic carbocycles. The fraction of sp³-hybridized carbons (Fsp3) is 0.348. The average molecular weight is 418 g/mol. The van der Waals surface area contributed by atoms with E-state index in [1.54, 1.807) is 17.0 Å². The molecule has 4 rings (SSSR count). The lowest BCUT2D eigenvalue weighted by atomic mass is 9.94. The lowest BCUT2D eigenvalue weighted by molar-refractivity contribution is -0.127. The van der Waals surface area contributed by atoms with Crippen LogP contribution in [-0.2, 0) is 11.8 Å². The molecule has 0 saturated carbocycles. The van der Waals surface area contributed by atoms with E-state index in [1.807, 2.05) is 62.2 Å². The first-order valence-corrected chi connectivity index (χ1v) is 10.5. The first-order valence-electron chi connectivity index (χ1n) is 10.5. The van der Waals surface area contributed by atoms with Crippen molar-refractivity contribution in [2.75, 3.05) is 18.4 Å². The van der Waals surface area contributed by atoms with E-state index in [4.69, 9.17) is 0 Å². The normalized spacial score (nSPS) is 16.6. The highest BCUT2D eigenvalue weighted by molar-refractivity contribution is 5.91. The van der Waals surface area contributed by atoms with E-state index >= 15 is 0 Å². The molecule has 8 heteroatoms. The number of likely N-dealkylation sites (tertiary alicyclic amines) is 1. The monoisotopic (exact) mass is 417 g/mol. The van der Waals surface area contributed by atoms with E-state index in [0.29, 0.717) is 12.4 Å². The second-order valence-corrected chi connectivity index (χ2v) is 7.85. The van der Waals surface area contributed by atoms with Gasteiger partial charge in [0.2, 0.25) is 5.91 Å². The summed E-state index contributed by atoms with van der Waals surface area (Å²) in [6, 6.07) is 9.69. The van der Waals surface area contributed by atoms with Crippen molar-refractivity contribution in [3.8, 4) is 0 Å². The molecule has 1 fully saturated rings. The lowest BCUT2D eigenvalue weighted by Gasteiger charge is -2.32. The summed E-state index contributed by atoms with van der Waals surface area (Å²) in [7, 11) is 1.86. The van der Waals surface area contributed by atoms with Crippen LogP contribution in [0.1, 0.15) is 41.7 Å². The van der Waals surface area contributed by atoms with Gasteiger partial charge in [0.25, 0.3) is 0 Å². The van der Waals surface area contributed by atoms with Crippen LogP contribution in [-0.4, -0.2) is 48.6 Å². The standard InChI is InChI=1S/C23H27N7O/c1-16-6-4-8-21(25-16)28-22-14-20(26-17(2)27-22)18-7-5-13-30(15-18)23(31)10-9-19-11-12-24-29(19)3/h4,6,8-12,14,18H,5,7,13,15H2,1-3H3,(H,25,26,27,28)/b10-9+/t18-/m1/s1. The first-order chi connectivity index (χ1) is 15.0. The smallest absolute Gasteiger partial charge is 0.246 e. The Morgan fingerprint density at radius 2 is 2.03 bits per heavy atom. The molecule has 8 nitrogen and oxygen atoms in total. The Balaban J connectivity index is 1.47. The van der Waals surface area contributed by atoms with Gasteiger partial charge in [0.05, 0.1) is 11.4 Å². The van der Waals surface area contributed by atoms with Gasteiger partial charge in [-0.2, -0.15) is 5.10 Å². The minimum Gasteiger partial charge on any atom is -0.338 e. The zero-order valence-electron chi connectivity index (χ0n) is 18.1. The number of carbonyl (C=O) groups excluding carboxylic acids is 1. The molecule has 0 unspecified atom stereocenters. The summed E-state index contributed by atoms with van der Waals surface area (Å²) in [6.07, 6.45) is 7.09. The fourth-order valence-electron chi connectivity index (χ4n) is 3.84. The third kappa shape index (κ3) is 5.14. The lowest BCUT2D eigenvalue weighted by Crippen LogP contribution is -2.38. The predicted octanol–water partition coefficient (Wildman–Crippen LogP) is 3.38. The summed E-state index contributed by atoms with van der Waals surface area (Å²) in [6.45, 7) is 5.25. The molecule has 160 valence electrons. The van der Waals surface area contributed by atoms with Crippen molar-refractivity contribution >= 4 is 23.6 Å². The van der Waals surface area contributed by atoms with Crippen LogP contribution in [0.5, 0.6) is 0 Å². The van der Waals surface area contributed by atoms with Crippen molar-refractivity contribution in [3.05, 3.63) is 65.5 Å². The van der Waals surface area contributed by atoms with Gasteiger partial charge >= 0.3 is 0 Å². The third-order valence-electron chi connectivity index (χ3n) is 5.41. The molecule has 0 bridgehead atoms. The minimum absolute atomic E-state index is 0.0130. The number of nitrogens with one attached hydrogen (secondary N) is 1. The molecular weight excluding hydrogens is 390 g/mol. The molecule has 0 radical (unpaired) electrons. The maximum Gasteiger partial charge on any atom is 0.246 e. The summed E-state index contributed by atoms with van der Waals surface area (Å²) < 4.78 is 1.74. The SMILES string of the molecule is Cc1cccc(Nc2cc([C@@H]3CCCN(C(=O)/C=C/c4ccnn4C)C3)nc(C)n2)n1. The molecule has 1 amide bonds. The number of anilines is 2. The number of carbonyl (C=O) groups is 1. The van der Waals surface area contributed by atoms with Crippen LogP contribution in [0.15, 0.2) is 42.6 Å². The molecule has 1 saturated heterocycles. The van der Waals surface area contributed by atoms with Crippen molar-refractivity contribution in [1.29, 1.82) is 0 Å². The molecular formula is C23H27N7O. The number of hydrogen-bond acceptors (Lipinski definition) is 6. The molecule has 4 heterocycles. The van der Waals surface area contributed by atoms with E-state index in [9.17, 15) is 4.79 Å². The van der Waals surface area contributed by atoms with Gasteiger partial charge in [-0.3, -0.25) is 9.48 Å². The van der Waals surface area contributed by atoms with Crippen LogP contribution in [0, 0.1) is 13.8 Å². The van der Waals surface area contributed by atoms with Crippen LogP contribution in [0.25, 0.3) is 6.08 Å². The van der Waals surface area contributed by atoms with Crippen LogP contribution in [0.4, 0.5) is 11.6 Å². The molecule has 1 atom stereocenters. The molecule has 1 aliphatic rings. The van der Waals surface area contributed by atoms with Gasteiger partial charge in [-0.15, -0.1) is 0 Å². The van der Waals surface area contributed by atoms with Gasteiger partial charge in [-0.25, -0.2) is 15.0 Å². The number of piperidine rings is 1. The molecule has 1 aliphatic heterocycles. The Morgan fingerprint density at radius 1 is 1.16 bits per heavy atom. The number of hydrogen-bond donors (Lipinski definition) is 1. The summed E-state index contributed by atoms with van der Waals surface area (Å²) in [5, 5.41) is 7.40. The Hall–Kier alpha value is -3.55. The maximum atomic E-state index is 12.7. The van der Waals surface area contributed by atoms with E-state index in [0.717, 1.165) is 48.1 Å². The highest BCUT2D eigenvalue weighted by Gasteiger charge is 2.25. The van der Waals surface area contributed by atoms with Gasteiger partial charge in [-0.1, -0.05) is 6.07 Å². The Bertz CT molecular complexity index is 1100. The first kappa shape index (κ1) is 20.7. The Morgan fingerprint density at radius 3 is 2.81 bits per heavy atom. The second-order valence-electron chi connectivity index (χ2n) is 7.85. The summed E-state index contributed by atoms with van der Waals surface area (Å²) in [5.41, 5.74) is 2.79. The van der Waals surface area contributed by atoms with E-state index in [1.165, 1.54) is 0 Å². The number of pyridine rings is 1. The summed E-state index contributed by atoms with van der Waals surface area (Å²) >= 11 is 0. The number of nitrogens with zero attached hydrogens (tertiary/aromatic N) is 6. The number of aryl methyl sites for hydroxylation is 3. The van der Waals surface area contributed by atoms with Crippen LogP contribution >= 0.6 is 0 Å². The van der Waals surface area contributed by atoms with Crippen LogP contribution in [0.2, 0.25) is 0 Å². The Labute approximate surface area is 182 Å². The van der Waals surface area contributed by atoms with Crippen LogP contribution < -0.4 is 5.32 Å². The Kier molecular flexibility index (Phi) is 6.06. The number of rotatable bonds is 5. The highest BCUT2D eigenvalue weighted by Crippen LogP contribution is 2.28. The molecule has 3 aromatic rings. The molecule has 31 heavy (non-hydrogen) atoms. The zero-order valence-corrected chi connectivity index (χ0v) is 18.1. The maximum absolute atomic E-state index is 12.7. The molecule has 0 aliphatic carbocycles. The molecule has 3 aromatic heterocycles. The van der Waals surface area contributed by atoms with Gasteiger partial charge < -0.3 is 10.2 Å². The molecule has 1 N–H and O–H groups in total. The van der Waals surface area contributed by atoms with Crippen molar-refractivity contribution in [1.82, 2.24) is 29.6 Å². The third-order valence-corrected chi connectivity index (χ3v) is 5.41. The zero-order chi connectivity index (χ0) is 21.8. The van der Waals surface area contributed by atoms with Gasteiger partial charge in [-0.05, 0) is 51.0 Å².